The predicted molar refractivity (Wildman–Crippen MR) is 93.1 cm³/mol. The molecule has 0 aliphatic heterocycles. The Hall–Kier alpha value is -2.46. The lowest BCUT2D eigenvalue weighted by Crippen LogP contribution is -2.32. The van der Waals surface area contributed by atoms with Gasteiger partial charge in [0.05, 0.1) is 12.1 Å². The minimum absolute atomic E-state index is 0.138. The van der Waals surface area contributed by atoms with Crippen molar-refractivity contribution in [2.45, 2.75) is 31.9 Å². The van der Waals surface area contributed by atoms with Gasteiger partial charge in [-0.15, -0.1) is 11.3 Å². The molecule has 1 amide bonds. The SMILES string of the molecule is CNc1sc2c(c1C#N)CCC(OC(=O)NCc1cccn1C)C2. The monoisotopic (exact) mass is 344 g/mol. The Labute approximate surface area is 145 Å². The molecule has 1 aliphatic rings. The minimum atomic E-state index is -0.393. The Kier molecular flexibility index (Phi) is 4.76. The molecule has 1 aliphatic carbocycles. The van der Waals surface area contributed by atoms with E-state index in [0.29, 0.717) is 13.0 Å². The molecule has 0 saturated carbocycles. The number of amides is 1. The number of nitrogens with zero attached hydrogens (tertiary/aromatic N) is 2. The molecule has 126 valence electrons. The maximum absolute atomic E-state index is 12.0. The summed E-state index contributed by atoms with van der Waals surface area (Å²) in [7, 11) is 3.76. The van der Waals surface area contributed by atoms with Gasteiger partial charge >= 0.3 is 6.09 Å². The molecule has 0 radical (unpaired) electrons. The highest BCUT2D eigenvalue weighted by atomic mass is 32.1. The summed E-state index contributed by atoms with van der Waals surface area (Å²) >= 11 is 1.58. The number of carbonyl (C=O) groups excluding carboxylic acids is 1. The van der Waals surface area contributed by atoms with Crippen LogP contribution in [0.3, 0.4) is 0 Å². The second-order valence-corrected chi connectivity index (χ2v) is 6.91. The van der Waals surface area contributed by atoms with Crippen LogP contribution in [0.15, 0.2) is 18.3 Å². The van der Waals surface area contributed by atoms with E-state index in [4.69, 9.17) is 4.74 Å². The number of nitrogens with one attached hydrogen (secondary N) is 2. The van der Waals surface area contributed by atoms with Crippen molar-refractivity contribution in [3.05, 3.63) is 40.0 Å². The summed E-state index contributed by atoms with van der Waals surface area (Å²) < 4.78 is 7.51. The molecule has 2 N–H and O–H groups in total. The number of alkyl carbamates (subject to hydrolysis) is 1. The standard InChI is InChI=1S/C17H20N4O2S/c1-19-16-14(9-18)13-6-5-12(8-15(13)24-16)23-17(22)20-10-11-4-3-7-21(11)2/h3-4,7,12,19H,5-6,8,10H2,1-2H3,(H,20,22). The average Bonchev–Trinajstić information content (AvgIpc) is 3.15. The van der Waals surface area contributed by atoms with Gasteiger partial charge in [0.25, 0.3) is 0 Å². The smallest absolute Gasteiger partial charge is 0.407 e. The number of carbonyl (C=O) groups is 1. The number of fused-ring (bicyclic) bond motifs is 1. The molecule has 6 nitrogen and oxygen atoms in total. The molecule has 3 rings (SSSR count). The number of hydrogen-bond acceptors (Lipinski definition) is 5. The highest BCUT2D eigenvalue weighted by molar-refractivity contribution is 7.16. The number of anilines is 1. The molecule has 0 aromatic carbocycles. The van der Waals surface area contributed by atoms with Crippen LogP contribution in [0.2, 0.25) is 0 Å². The Morgan fingerprint density at radius 1 is 1.58 bits per heavy atom. The number of ether oxygens (including phenoxy) is 1. The van der Waals surface area contributed by atoms with Crippen molar-refractivity contribution in [3.8, 4) is 6.07 Å². The molecule has 0 bridgehead atoms. The summed E-state index contributed by atoms with van der Waals surface area (Å²) in [4.78, 5) is 13.2. The average molecular weight is 344 g/mol. The zero-order valence-corrected chi connectivity index (χ0v) is 14.6. The zero-order valence-electron chi connectivity index (χ0n) is 13.8. The molecule has 0 saturated heterocycles. The van der Waals surface area contributed by atoms with Crippen molar-refractivity contribution in [1.29, 1.82) is 5.26 Å². The van der Waals surface area contributed by atoms with Crippen LogP contribution in [-0.4, -0.2) is 23.8 Å². The van der Waals surface area contributed by atoms with E-state index in [1.165, 1.54) is 0 Å². The first-order valence-corrected chi connectivity index (χ1v) is 8.71. The van der Waals surface area contributed by atoms with E-state index in [-0.39, 0.29) is 6.10 Å². The number of rotatable bonds is 4. The van der Waals surface area contributed by atoms with E-state index in [2.05, 4.69) is 16.7 Å². The molecule has 7 heteroatoms. The molecular weight excluding hydrogens is 324 g/mol. The van der Waals surface area contributed by atoms with Gasteiger partial charge < -0.3 is 19.9 Å². The number of aromatic nitrogens is 1. The van der Waals surface area contributed by atoms with Gasteiger partial charge in [0, 0.05) is 37.3 Å². The van der Waals surface area contributed by atoms with Crippen LogP contribution in [-0.2, 0) is 31.2 Å². The summed E-state index contributed by atoms with van der Waals surface area (Å²) in [5.74, 6) is 0. The first kappa shape index (κ1) is 16.4. The maximum Gasteiger partial charge on any atom is 0.407 e. The van der Waals surface area contributed by atoms with E-state index >= 15 is 0 Å². The van der Waals surface area contributed by atoms with E-state index in [1.807, 2.05) is 37.0 Å². The molecule has 0 fully saturated rings. The molecule has 2 aromatic heterocycles. The highest BCUT2D eigenvalue weighted by Crippen LogP contribution is 2.38. The first-order chi connectivity index (χ1) is 11.6. The van der Waals surface area contributed by atoms with Crippen molar-refractivity contribution in [2.24, 2.45) is 7.05 Å². The fraction of sp³-hybridized carbons (Fsp3) is 0.412. The lowest BCUT2D eigenvalue weighted by molar-refractivity contribution is 0.0896. The minimum Gasteiger partial charge on any atom is -0.446 e. The second-order valence-electron chi connectivity index (χ2n) is 5.80. The maximum atomic E-state index is 12.0. The van der Waals surface area contributed by atoms with Crippen molar-refractivity contribution >= 4 is 22.4 Å². The van der Waals surface area contributed by atoms with Crippen molar-refractivity contribution in [1.82, 2.24) is 9.88 Å². The number of aryl methyl sites for hydroxylation is 1. The van der Waals surface area contributed by atoms with Gasteiger partial charge in [-0.1, -0.05) is 0 Å². The van der Waals surface area contributed by atoms with Crippen LogP contribution in [0, 0.1) is 11.3 Å². The highest BCUT2D eigenvalue weighted by Gasteiger charge is 2.27. The van der Waals surface area contributed by atoms with Crippen LogP contribution < -0.4 is 10.6 Å². The zero-order chi connectivity index (χ0) is 17.1. The van der Waals surface area contributed by atoms with Crippen molar-refractivity contribution < 1.29 is 9.53 Å². The third-order valence-corrected chi connectivity index (χ3v) is 5.57. The predicted octanol–water partition coefficient (Wildman–Crippen LogP) is 2.78. The number of thiophene rings is 1. The van der Waals surface area contributed by atoms with Crippen molar-refractivity contribution in [2.75, 3.05) is 12.4 Å². The number of nitriles is 1. The van der Waals surface area contributed by atoms with Gasteiger partial charge in [-0.2, -0.15) is 5.26 Å². The molecule has 0 spiro atoms. The molecular formula is C17H20N4O2S. The van der Waals surface area contributed by atoms with Crippen LogP contribution >= 0.6 is 11.3 Å². The lowest BCUT2D eigenvalue weighted by atomic mass is 9.94. The summed E-state index contributed by atoms with van der Waals surface area (Å²) in [6.45, 7) is 0.446. The van der Waals surface area contributed by atoms with Crippen molar-refractivity contribution in [3.63, 3.8) is 0 Å². The third-order valence-electron chi connectivity index (χ3n) is 4.30. The molecule has 2 aromatic rings. The van der Waals surface area contributed by atoms with Gasteiger partial charge in [0.15, 0.2) is 0 Å². The topological polar surface area (TPSA) is 79.1 Å². The fourth-order valence-corrected chi connectivity index (χ4v) is 4.20. The molecule has 24 heavy (non-hydrogen) atoms. The fourth-order valence-electron chi connectivity index (χ4n) is 2.99. The van der Waals surface area contributed by atoms with E-state index in [9.17, 15) is 10.1 Å². The van der Waals surface area contributed by atoms with Crippen LogP contribution in [0.1, 0.15) is 28.1 Å². The van der Waals surface area contributed by atoms with Gasteiger partial charge in [0.1, 0.15) is 17.2 Å². The Morgan fingerprint density at radius 2 is 2.42 bits per heavy atom. The quantitative estimate of drug-likeness (QED) is 0.894. The van der Waals surface area contributed by atoms with E-state index in [1.54, 1.807) is 11.3 Å². The summed E-state index contributed by atoms with van der Waals surface area (Å²) in [6.07, 6.45) is 3.60. The number of hydrogen-bond donors (Lipinski definition) is 2. The van der Waals surface area contributed by atoms with Crippen LogP contribution in [0.5, 0.6) is 0 Å². The van der Waals surface area contributed by atoms with Gasteiger partial charge in [0.2, 0.25) is 0 Å². The van der Waals surface area contributed by atoms with E-state index in [0.717, 1.165) is 39.5 Å². The van der Waals surface area contributed by atoms with Gasteiger partial charge in [-0.05, 0) is 30.5 Å². The van der Waals surface area contributed by atoms with Gasteiger partial charge in [-0.3, -0.25) is 0 Å². The van der Waals surface area contributed by atoms with Gasteiger partial charge in [-0.25, -0.2) is 4.79 Å². The second kappa shape index (κ2) is 6.97. The summed E-state index contributed by atoms with van der Waals surface area (Å²) in [5.41, 5.74) is 2.87. The van der Waals surface area contributed by atoms with Crippen LogP contribution in [0.4, 0.5) is 9.80 Å². The Morgan fingerprint density at radius 3 is 3.08 bits per heavy atom. The molecule has 1 unspecified atom stereocenters. The Bertz CT molecular complexity index is 787. The van der Waals surface area contributed by atoms with Crippen LogP contribution in [0.25, 0.3) is 0 Å². The summed E-state index contributed by atoms with van der Waals surface area (Å²) in [5, 5.41) is 16.1. The normalized spacial score (nSPS) is 16.1. The summed E-state index contributed by atoms with van der Waals surface area (Å²) in [6, 6.07) is 6.18. The third kappa shape index (κ3) is 3.24. The lowest BCUT2D eigenvalue weighted by Gasteiger charge is -2.22. The first-order valence-electron chi connectivity index (χ1n) is 7.89. The largest absolute Gasteiger partial charge is 0.446 e. The van der Waals surface area contributed by atoms with E-state index < -0.39 is 6.09 Å². The molecule has 1 atom stereocenters. The molecule has 2 heterocycles. The Balaban J connectivity index is 1.58.